The van der Waals surface area contributed by atoms with Gasteiger partial charge in [0.1, 0.15) is 24.0 Å². The SMILES string of the molecule is Cc1cnc(-n2c3cc(Oc4cccc(N5CN(c6c(-c7cc(-c8ccccc8)cc(-c8ccccc8)c7)cccc6-c6cc(-c7ccccc7)cc(-c7ccccc7)c6)c6ccccc65)c4)ccc3c3c4sc5ccccc5c4ccc32)cc1C(C)(C)C. The summed E-state index contributed by atoms with van der Waals surface area (Å²) in [5.74, 6) is 2.38. The lowest BCUT2D eigenvalue weighted by molar-refractivity contribution is 0.483. The van der Waals surface area contributed by atoms with E-state index in [1.807, 2.05) is 17.5 Å². The van der Waals surface area contributed by atoms with E-state index >= 15 is 0 Å². The summed E-state index contributed by atoms with van der Waals surface area (Å²) >= 11 is 1.86. The average molecular weight is 1160 g/mol. The van der Waals surface area contributed by atoms with Crippen molar-refractivity contribution in [2.75, 3.05) is 16.5 Å². The molecular formula is C83H62N4OS. The maximum atomic E-state index is 7.08. The molecule has 0 radical (unpaired) electrons. The smallest absolute Gasteiger partial charge is 0.137 e. The lowest BCUT2D eigenvalue weighted by atomic mass is 9.85. The van der Waals surface area contributed by atoms with Crippen LogP contribution >= 0.6 is 11.3 Å². The number of rotatable bonds is 11. The normalized spacial score (nSPS) is 12.4. The Bertz CT molecular complexity index is 4940. The van der Waals surface area contributed by atoms with Crippen LogP contribution in [0.4, 0.5) is 22.7 Å². The van der Waals surface area contributed by atoms with Crippen molar-refractivity contribution in [3.05, 3.63) is 302 Å². The van der Waals surface area contributed by atoms with Gasteiger partial charge in [0.05, 0.1) is 28.1 Å². The first-order chi connectivity index (χ1) is 43.6. The summed E-state index contributed by atoms with van der Waals surface area (Å²) in [6.45, 7) is 9.54. The monoisotopic (exact) mass is 1160 g/mol. The molecule has 6 heteroatoms. The predicted octanol–water partition coefficient (Wildman–Crippen LogP) is 23.2. The number of benzene rings is 12. The highest BCUT2D eigenvalue weighted by Gasteiger charge is 2.32. The van der Waals surface area contributed by atoms with Gasteiger partial charge in [0, 0.05) is 66.1 Å². The summed E-state index contributed by atoms with van der Waals surface area (Å²) in [5, 5.41) is 4.95. The summed E-state index contributed by atoms with van der Waals surface area (Å²) in [5.41, 5.74) is 22.8. The van der Waals surface area contributed by atoms with Crippen molar-refractivity contribution in [3.63, 3.8) is 0 Å². The van der Waals surface area contributed by atoms with Gasteiger partial charge in [-0.25, -0.2) is 4.98 Å². The molecule has 0 atom stereocenters. The number of aryl methyl sites for hydroxylation is 1. The van der Waals surface area contributed by atoms with Crippen LogP contribution in [0.2, 0.25) is 0 Å². The molecule has 5 nitrogen and oxygen atoms in total. The standard InChI is InChI=1S/C83H62N4OS/c1-54-52-84-79(51-73(54)83(2,3)4)87-76-42-41-71-70-33-17-20-38-78(70)89-82(71)80(76)72-40-39-67(50-77(72)87)88-66-32-21-31-65(49-66)85-53-86(75-37-19-18-36-74(75)85)81-68(63-45-59(55-23-9-5-10-24-55)43-60(46-63)56-25-11-6-12-26-56)34-22-35-69(81)64-47-61(57-27-13-7-14-28-57)44-62(48-64)58-29-15-8-16-30-58/h5-52H,53H2,1-4H3. The number of hydrogen-bond donors (Lipinski definition) is 0. The van der Waals surface area contributed by atoms with E-state index in [4.69, 9.17) is 9.72 Å². The van der Waals surface area contributed by atoms with Crippen molar-refractivity contribution >= 4 is 76.1 Å². The van der Waals surface area contributed by atoms with Crippen LogP contribution in [0.25, 0.3) is 115 Å². The fourth-order valence-electron chi connectivity index (χ4n) is 13.5. The second kappa shape index (κ2) is 21.9. The number of pyridine rings is 1. The third-order valence-electron chi connectivity index (χ3n) is 17.7. The van der Waals surface area contributed by atoms with E-state index in [1.165, 1.54) is 58.9 Å². The highest BCUT2D eigenvalue weighted by Crippen LogP contribution is 2.52. The number of nitrogens with zero attached hydrogens (tertiary/aromatic N) is 4. The average Bonchev–Trinajstić information content (AvgIpc) is 1.66. The van der Waals surface area contributed by atoms with Crippen LogP contribution in [0.5, 0.6) is 11.5 Å². The van der Waals surface area contributed by atoms with Crippen LogP contribution in [0.1, 0.15) is 31.9 Å². The van der Waals surface area contributed by atoms with E-state index in [0.29, 0.717) is 6.67 Å². The van der Waals surface area contributed by atoms with E-state index in [2.05, 4.69) is 327 Å². The highest BCUT2D eigenvalue weighted by atomic mass is 32.1. The van der Waals surface area contributed by atoms with Gasteiger partial charge in [-0.05, 0) is 170 Å². The topological polar surface area (TPSA) is 33.5 Å². The second-order valence-electron chi connectivity index (χ2n) is 24.4. The first kappa shape index (κ1) is 53.7. The van der Waals surface area contributed by atoms with E-state index in [0.717, 1.165) is 101 Å². The van der Waals surface area contributed by atoms with E-state index in [-0.39, 0.29) is 5.41 Å². The number of fused-ring (bicyclic) bond motifs is 8. The van der Waals surface area contributed by atoms with Crippen molar-refractivity contribution in [3.8, 4) is 84.1 Å². The van der Waals surface area contributed by atoms with E-state index in [1.54, 1.807) is 0 Å². The van der Waals surface area contributed by atoms with Gasteiger partial charge in [-0.2, -0.15) is 0 Å². The molecule has 15 aromatic rings. The molecule has 0 spiro atoms. The maximum Gasteiger partial charge on any atom is 0.137 e. The minimum Gasteiger partial charge on any atom is -0.457 e. The molecule has 0 bridgehead atoms. The molecule has 0 unspecified atom stereocenters. The Labute approximate surface area is 523 Å². The van der Waals surface area contributed by atoms with Gasteiger partial charge in [-0.3, -0.25) is 4.57 Å². The number of anilines is 4. The van der Waals surface area contributed by atoms with Crippen LogP contribution in [0, 0.1) is 6.92 Å². The minimum atomic E-state index is -0.0702. The third-order valence-corrected chi connectivity index (χ3v) is 18.9. The number of thiophene rings is 1. The van der Waals surface area contributed by atoms with Gasteiger partial charge in [0.15, 0.2) is 0 Å². The predicted molar refractivity (Wildman–Crippen MR) is 376 cm³/mol. The molecule has 0 saturated carbocycles. The molecule has 0 fully saturated rings. The fourth-order valence-corrected chi connectivity index (χ4v) is 14.8. The summed E-state index contributed by atoms with van der Waals surface area (Å²) in [6, 6.07) is 104. The van der Waals surface area contributed by atoms with Gasteiger partial charge in [-0.15, -0.1) is 11.3 Å². The molecule has 4 heterocycles. The fraction of sp³-hybridized carbons (Fsp3) is 0.0723. The Morgan fingerprint density at radius 2 is 0.910 bits per heavy atom. The molecule has 16 rings (SSSR count). The Hall–Kier alpha value is -10.8. The summed E-state index contributed by atoms with van der Waals surface area (Å²) in [7, 11) is 0. The summed E-state index contributed by atoms with van der Waals surface area (Å²) in [4.78, 5) is 10.1. The Morgan fingerprint density at radius 1 is 0.404 bits per heavy atom. The van der Waals surface area contributed by atoms with Crippen LogP contribution in [0.3, 0.4) is 0 Å². The molecule has 1 aliphatic rings. The lowest BCUT2D eigenvalue weighted by Gasteiger charge is -2.28. The van der Waals surface area contributed by atoms with Crippen molar-refractivity contribution in [1.82, 2.24) is 9.55 Å². The number of ether oxygens (including phenoxy) is 1. The first-order valence-electron chi connectivity index (χ1n) is 30.6. The van der Waals surface area contributed by atoms with Crippen LogP contribution in [-0.4, -0.2) is 16.2 Å². The van der Waals surface area contributed by atoms with Crippen molar-refractivity contribution in [1.29, 1.82) is 0 Å². The van der Waals surface area contributed by atoms with Gasteiger partial charge in [-0.1, -0.05) is 203 Å². The molecule has 0 aliphatic carbocycles. The van der Waals surface area contributed by atoms with Gasteiger partial charge < -0.3 is 14.5 Å². The number of hydrogen-bond acceptors (Lipinski definition) is 5. The summed E-state index contributed by atoms with van der Waals surface area (Å²) in [6.07, 6.45) is 2.03. The molecule has 3 aromatic heterocycles. The van der Waals surface area contributed by atoms with Crippen molar-refractivity contribution < 1.29 is 4.74 Å². The Kier molecular flexibility index (Phi) is 13.2. The molecule has 0 saturated heterocycles. The first-order valence-corrected chi connectivity index (χ1v) is 31.4. The minimum absolute atomic E-state index is 0.0702. The van der Waals surface area contributed by atoms with Crippen LogP contribution in [0.15, 0.2) is 291 Å². The summed E-state index contributed by atoms with van der Waals surface area (Å²) < 4.78 is 12.0. The highest BCUT2D eigenvalue weighted by molar-refractivity contribution is 7.26. The lowest BCUT2D eigenvalue weighted by Crippen LogP contribution is -2.25. The van der Waals surface area contributed by atoms with Crippen LogP contribution in [-0.2, 0) is 5.41 Å². The number of aromatic nitrogens is 2. The van der Waals surface area contributed by atoms with Gasteiger partial charge in [0.25, 0.3) is 0 Å². The molecule has 89 heavy (non-hydrogen) atoms. The zero-order valence-electron chi connectivity index (χ0n) is 50.0. The molecule has 426 valence electrons. The molecule has 0 amide bonds. The van der Waals surface area contributed by atoms with Crippen LogP contribution < -0.4 is 14.5 Å². The molecule has 12 aromatic carbocycles. The third kappa shape index (κ3) is 9.70. The zero-order chi connectivity index (χ0) is 59.7. The molecule has 1 aliphatic heterocycles. The van der Waals surface area contributed by atoms with E-state index < -0.39 is 0 Å². The van der Waals surface area contributed by atoms with E-state index in [9.17, 15) is 0 Å². The Balaban J connectivity index is 0.840. The maximum absolute atomic E-state index is 7.08. The molecule has 0 N–H and O–H groups in total. The van der Waals surface area contributed by atoms with Gasteiger partial charge >= 0.3 is 0 Å². The quantitative estimate of drug-likeness (QED) is 0.129. The van der Waals surface area contributed by atoms with Crippen molar-refractivity contribution in [2.24, 2.45) is 0 Å². The largest absolute Gasteiger partial charge is 0.457 e. The Morgan fingerprint density at radius 3 is 1.49 bits per heavy atom. The molecular weight excluding hydrogens is 1100 g/mol. The zero-order valence-corrected chi connectivity index (χ0v) is 50.8. The van der Waals surface area contributed by atoms with Gasteiger partial charge in [0.2, 0.25) is 0 Å². The van der Waals surface area contributed by atoms with Crippen molar-refractivity contribution in [2.45, 2.75) is 33.1 Å². The second-order valence-corrected chi connectivity index (χ2v) is 25.5. The number of para-hydroxylation sites is 3.